The van der Waals surface area contributed by atoms with E-state index in [0.717, 1.165) is 41.3 Å². The Morgan fingerprint density at radius 3 is 2.16 bits per heavy atom. The van der Waals surface area contributed by atoms with E-state index >= 15 is 0 Å². The second kappa shape index (κ2) is 12.9. The average molecular weight is 445 g/mol. The Balaban J connectivity index is 1.78. The Hall–Kier alpha value is -2.82. The highest BCUT2D eigenvalue weighted by atomic mass is 32.2. The molecule has 3 aromatic carbocycles. The molecule has 0 aliphatic heterocycles. The van der Waals surface area contributed by atoms with Crippen LogP contribution in [0.3, 0.4) is 0 Å². The largest absolute Gasteiger partial charge is 0.309 e. The minimum absolute atomic E-state index is 0.0199. The van der Waals surface area contributed by atoms with E-state index in [-0.39, 0.29) is 5.91 Å². The molecule has 0 saturated carbocycles. The standard InChI is InChI=1S/C28H32N2OS/c1-29(2)21-11-12-22-30(28(31)20-19-24-13-5-3-6-14-24)26-17-9-10-18-27(26)32-23-25-15-7-4-8-16-25/h3-10,13-20H,11-12,21-23H2,1-2H3. The van der Waals surface area contributed by atoms with E-state index < -0.39 is 0 Å². The van der Waals surface area contributed by atoms with Crippen LogP contribution < -0.4 is 4.90 Å². The number of carbonyl (C=O) groups is 1. The fourth-order valence-electron chi connectivity index (χ4n) is 3.41. The molecule has 0 aliphatic carbocycles. The maximum Gasteiger partial charge on any atom is 0.251 e. The lowest BCUT2D eigenvalue weighted by Gasteiger charge is -2.24. The Morgan fingerprint density at radius 2 is 1.44 bits per heavy atom. The zero-order valence-electron chi connectivity index (χ0n) is 19.0. The highest BCUT2D eigenvalue weighted by Crippen LogP contribution is 2.33. The molecule has 0 spiro atoms. The van der Waals surface area contributed by atoms with Gasteiger partial charge in [0.1, 0.15) is 0 Å². The smallest absolute Gasteiger partial charge is 0.251 e. The molecule has 3 rings (SSSR count). The number of anilines is 1. The first-order chi connectivity index (χ1) is 15.6. The van der Waals surface area contributed by atoms with Gasteiger partial charge in [0, 0.05) is 23.3 Å². The van der Waals surface area contributed by atoms with E-state index in [2.05, 4.69) is 55.4 Å². The van der Waals surface area contributed by atoms with Gasteiger partial charge in [0.25, 0.3) is 5.91 Å². The number of hydrogen-bond acceptors (Lipinski definition) is 3. The quantitative estimate of drug-likeness (QED) is 0.195. The van der Waals surface area contributed by atoms with Gasteiger partial charge in [0.15, 0.2) is 0 Å². The molecule has 0 bridgehead atoms. The van der Waals surface area contributed by atoms with Crippen molar-refractivity contribution in [1.82, 2.24) is 4.90 Å². The average Bonchev–Trinajstić information content (AvgIpc) is 2.83. The Bertz CT molecular complexity index is 987. The van der Waals surface area contributed by atoms with Crippen molar-refractivity contribution in [1.29, 1.82) is 0 Å². The van der Waals surface area contributed by atoms with Crippen LogP contribution in [0.25, 0.3) is 6.08 Å². The van der Waals surface area contributed by atoms with Crippen molar-refractivity contribution >= 4 is 29.4 Å². The first-order valence-corrected chi connectivity index (χ1v) is 12.1. The van der Waals surface area contributed by atoms with Crippen molar-refractivity contribution in [2.75, 3.05) is 32.1 Å². The minimum Gasteiger partial charge on any atom is -0.309 e. The van der Waals surface area contributed by atoms with Gasteiger partial charge in [-0.2, -0.15) is 0 Å². The van der Waals surface area contributed by atoms with E-state index in [9.17, 15) is 4.79 Å². The molecule has 0 N–H and O–H groups in total. The molecule has 0 heterocycles. The minimum atomic E-state index is 0.0199. The molecule has 0 saturated heterocycles. The topological polar surface area (TPSA) is 23.6 Å². The molecule has 1 amide bonds. The number of nitrogens with zero attached hydrogens (tertiary/aromatic N) is 2. The summed E-state index contributed by atoms with van der Waals surface area (Å²) in [6, 6.07) is 28.7. The lowest BCUT2D eigenvalue weighted by atomic mass is 10.2. The summed E-state index contributed by atoms with van der Waals surface area (Å²) in [6.45, 7) is 1.72. The summed E-state index contributed by atoms with van der Waals surface area (Å²) in [5, 5.41) is 0. The SMILES string of the molecule is CN(C)CCCCN(C(=O)C=Cc1ccccc1)c1ccccc1SCc1ccccc1. The fourth-order valence-corrected chi connectivity index (χ4v) is 4.42. The summed E-state index contributed by atoms with van der Waals surface area (Å²) in [5.74, 6) is 0.895. The van der Waals surface area contributed by atoms with E-state index in [1.54, 1.807) is 17.8 Å². The molecule has 0 unspecified atom stereocenters. The lowest BCUT2D eigenvalue weighted by Crippen LogP contribution is -2.31. The van der Waals surface area contributed by atoms with Gasteiger partial charge in [-0.05, 0) is 62.8 Å². The third kappa shape index (κ3) is 7.70. The van der Waals surface area contributed by atoms with Crippen molar-refractivity contribution in [3.63, 3.8) is 0 Å². The van der Waals surface area contributed by atoms with Crippen LogP contribution in [-0.4, -0.2) is 38.0 Å². The molecule has 4 heteroatoms. The number of hydrogen-bond donors (Lipinski definition) is 0. The summed E-state index contributed by atoms with van der Waals surface area (Å²) in [6.07, 6.45) is 5.61. The summed E-state index contributed by atoms with van der Waals surface area (Å²) in [4.78, 5) is 18.5. The number of thioether (sulfide) groups is 1. The van der Waals surface area contributed by atoms with E-state index in [4.69, 9.17) is 0 Å². The first kappa shape index (κ1) is 23.8. The lowest BCUT2D eigenvalue weighted by molar-refractivity contribution is -0.114. The van der Waals surface area contributed by atoms with E-state index in [0.29, 0.717) is 6.54 Å². The zero-order valence-corrected chi connectivity index (χ0v) is 19.8. The Labute approximate surface area is 196 Å². The summed E-state index contributed by atoms with van der Waals surface area (Å²) in [7, 11) is 4.17. The van der Waals surface area contributed by atoms with Crippen molar-refractivity contribution in [2.45, 2.75) is 23.5 Å². The Morgan fingerprint density at radius 1 is 0.812 bits per heavy atom. The van der Waals surface area contributed by atoms with Crippen LogP contribution in [0.4, 0.5) is 5.69 Å². The fraction of sp³-hybridized carbons (Fsp3) is 0.250. The molecule has 0 radical (unpaired) electrons. The zero-order chi connectivity index (χ0) is 22.6. The number of para-hydroxylation sites is 1. The van der Waals surface area contributed by atoms with Crippen molar-refractivity contribution in [2.24, 2.45) is 0 Å². The van der Waals surface area contributed by atoms with E-state index in [1.165, 1.54) is 5.56 Å². The molecule has 166 valence electrons. The van der Waals surface area contributed by atoms with Crippen LogP contribution in [0, 0.1) is 0 Å². The maximum atomic E-state index is 13.3. The highest BCUT2D eigenvalue weighted by Gasteiger charge is 2.17. The highest BCUT2D eigenvalue weighted by molar-refractivity contribution is 7.98. The van der Waals surface area contributed by atoms with Gasteiger partial charge in [0.2, 0.25) is 0 Å². The van der Waals surface area contributed by atoms with Gasteiger partial charge in [-0.15, -0.1) is 11.8 Å². The Kier molecular flexibility index (Phi) is 9.60. The third-order valence-electron chi connectivity index (χ3n) is 5.11. The van der Waals surface area contributed by atoms with Gasteiger partial charge in [-0.1, -0.05) is 72.8 Å². The van der Waals surface area contributed by atoms with Crippen molar-refractivity contribution in [3.8, 4) is 0 Å². The van der Waals surface area contributed by atoms with Crippen LogP contribution in [-0.2, 0) is 10.5 Å². The monoisotopic (exact) mass is 444 g/mol. The molecule has 32 heavy (non-hydrogen) atoms. The predicted octanol–water partition coefficient (Wildman–Crippen LogP) is 6.37. The van der Waals surface area contributed by atoms with E-state index in [1.807, 2.05) is 59.5 Å². The summed E-state index contributed by atoms with van der Waals surface area (Å²) >= 11 is 1.78. The van der Waals surface area contributed by atoms with Crippen LogP contribution in [0.15, 0.2) is 95.9 Å². The maximum absolute atomic E-state index is 13.3. The predicted molar refractivity (Wildman–Crippen MR) is 138 cm³/mol. The number of benzene rings is 3. The van der Waals surface area contributed by atoms with Crippen molar-refractivity contribution in [3.05, 3.63) is 102 Å². The molecular formula is C28H32N2OS. The number of rotatable bonds is 11. The normalized spacial score (nSPS) is 11.2. The number of amides is 1. The molecule has 3 nitrogen and oxygen atoms in total. The molecule has 3 aromatic rings. The molecular weight excluding hydrogens is 412 g/mol. The second-order valence-corrected chi connectivity index (χ2v) is 9.00. The number of carbonyl (C=O) groups excluding carboxylic acids is 1. The molecule has 0 aliphatic rings. The third-order valence-corrected chi connectivity index (χ3v) is 6.25. The van der Waals surface area contributed by atoms with Crippen LogP contribution >= 0.6 is 11.8 Å². The molecule has 0 atom stereocenters. The van der Waals surface area contributed by atoms with Crippen LogP contribution in [0.5, 0.6) is 0 Å². The van der Waals surface area contributed by atoms with Gasteiger partial charge in [-0.3, -0.25) is 4.79 Å². The number of unbranched alkanes of at least 4 members (excludes halogenated alkanes) is 1. The van der Waals surface area contributed by atoms with Crippen LogP contribution in [0.1, 0.15) is 24.0 Å². The van der Waals surface area contributed by atoms with Crippen LogP contribution in [0.2, 0.25) is 0 Å². The van der Waals surface area contributed by atoms with Gasteiger partial charge >= 0.3 is 0 Å². The molecule has 0 fully saturated rings. The second-order valence-electron chi connectivity index (χ2n) is 7.99. The molecule has 0 aromatic heterocycles. The van der Waals surface area contributed by atoms with Gasteiger partial charge in [0.05, 0.1) is 5.69 Å². The van der Waals surface area contributed by atoms with Gasteiger partial charge in [-0.25, -0.2) is 0 Å². The summed E-state index contributed by atoms with van der Waals surface area (Å²) in [5.41, 5.74) is 3.29. The first-order valence-electron chi connectivity index (χ1n) is 11.1. The summed E-state index contributed by atoms with van der Waals surface area (Å²) < 4.78 is 0. The van der Waals surface area contributed by atoms with Crippen molar-refractivity contribution < 1.29 is 4.79 Å². The van der Waals surface area contributed by atoms with Gasteiger partial charge < -0.3 is 9.80 Å².